The molecule has 3 N–H and O–H groups in total. The molecule has 0 radical (unpaired) electrons. The number of aromatic nitrogens is 5. The predicted molar refractivity (Wildman–Crippen MR) is 80.0 cm³/mol. The topological polar surface area (TPSA) is 91.4 Å². The first-order valence-electron chi connectivity index (χ1n) is 6.39. The number of nitrogens with one attached hydrogen (secondary N) is 3. The zero-order valence-electron chi connectivity index (χ0n) is 11.2. The Morgan fingerprint density at radius 1 is 1.35 bits per heavy atom. The molecule has 3 aromatic rings. The van der Waals surface area contributed by atoms with Gasteiger partial charge in [0, 0.05) is 18.1 Å². The molecule has 0 spiro atoms. The van der Waals surface area contributed by atoms with Gasteiger partial charge in [-0.15, -0.1) is 11.3 Å². The van der Waals surface area contributed by atoms with Gasteiger partial charge in [-0.2, -0.15) is 9.97 Å². The fraction of sp³-hybridized carbons (Fsp3) is 0.333. The summed E-state index contributed by atoms with van der Waals surface area (Å²) in [6.07, 6.45) is 3.42. The third kappa shape index (κ3) is 2.42. The van der Waals surface area contributed by atoms with Crippen LogP contribution >= 0.6 is 11.3 Å². The Morgan fingerprint density at radius 2 is 2.25 bits per heavy atom. The van der Waals surface area contributed by atoms with Crippen molar-refractivity contribution in [1.29, 1.82) is 0 Å². The van der Waals surface area contributed by atoms with E-state index in [0.717, 1.165) is 22.9 Å². The van der Waals surface area contributed by atoms with Gasteiger partial charge in [0.25, 0.3) is 0 Å². The molecule has 0 aliphatic carbocycles. The van der Waals surface area contributed by atoms with Crippen molar-refractivity contribution in [2.75, 3.05) is 17.2 Å². The lowest BCUT2D eigenvalue weighted by atomic mass is 10.3. The lowest BCUT2D eigenvalue weighted by molar-refractivity contribution is 0.861. The molecular formula is C12H15N7S. The Kier molecular flexibility index (Phi) is 3.46. The maximum atomic E-state index is 4.48. The van der Waals surface area contributed by atoms with Gasteiger partial charge in [0.15, 0.2) is 11.5 Å². The number of fused-ring (bicyclic) bond motifs is 1. The molecule has 20 heavy (non-hydrogen) atoms. The molecule has 1 unspecified atom stereocenters. The number of hydrogen-bond acceptors (Lipinski definition) is 7. The van der Waals surface area contributed by atoms with Crippen molar-refractivity contribution >= 4 is 34.3 Å². The third-order valence-electron chi connectivity index (χ3n) is 2.80. The van der Waals surface area contributed by atoms with Crippen LogP contribution in [0.2, 0.25) is 0 Å². The minimum Gasteiger partial charge on any atom is -0.359 e. The summed E-state index contributed by atoms with van der Waals surface area (Å²) in [7, 11) is 0. The van der Waals surface area contributed by atoms with Gasteiger partial charge in [-0.3, -0.25) is 0 Å². The molecule has 3 aromatic heterocycles. The predicted octanol–water partition coefficient (Wildman–Crippen LogP) is 2.41. The average molecular weight is 289 g/mol. The second kappa shape index (κ2) is 5.41. The Labute approximate surface area is 119 Å². The SMILES string of the molecule is CCNc1nc(NC(C)c2nccs2)c2[nH]cnc2n1. The van der Waals surface area contributed by atoms with Crippen LogP contribution in [0.3, 0.4) is 0 Å². The molecule has 0 fully saturated rings. The molecule has 1 atom stereocenters. The fourth-order valence-corrected chi connectivity index (χ4v) is 2.54. The number of aromatic amines is 1. The van der Waals surface area contributed by atoms with Crippen LogP contribution in [-0.4, -0.2) is 31.5 Å². The Bertz CT molecular complexity index is 691. The van der Waals surface area contributed by atoms with Crippen LogP contribution < -0.4 is 10.6 Å². The number of anilines is 2. The van der Waals surface area contributed by atoms with Crippen LogP contribution in [-0.2, 0) is 0 Å². The van der Waals surface area contributed by atoms with Crippen molar-refractivity contribution < 1.29 is 0 Å². The van der Waals surface area contributed by atoms with E-state index in [-0.39, 0.29) is 6.04 Å². The van der Waals surface area contributed by atoms with E-state index in [2.05, 4.69) is 42.5 Å². The second-order valence-corrected chi connectivity index (χ2v) is 5.19. The van der Waals surface area contributed by atoms with E-state index in [9.17, 15) is 0 Å². The largest absolute Gasteiger partial charge is 0.359 e. The lowest BCUT2D eigenvalue weighted by Gasteiger charge is -2.13. The minimum absolute atomic E-state index is 0.0749. The average Bonchev–Trinajstić information content (AvgIpc) is 3.10. The van der Waals surface area contributed by atoms with Crippen molar-refractivity contribution in [3.05, 3.63) is 22.9 Å². The highest BCUT2D eigenvalue weighted by Crippen LogP contribution is 2.24. The van der Waals surface area contributed by atoms with Gasteiger partial charge >= 0.3 is 0 Å². The maximum Gasteiger partial charge on any atom is 0.226 e. The fourth-order valence-electron chi connectivity index (χ4n) is 1.89. The number of imidazole rings is 1. The van der Waals surface area contributed by atoms with E-state index < -0.39 is 0 Å². The molecule has 8 heteroatoms. The monoisotopic (exact) mass is 289 g/mol. The minimum atomic E-state index is 0.0749. The molecule has 0 saturated carbocycles. The summed E-state index contributed by atoms with van der Waals surface area (Å²) in [5.74, 6) is 1.30. The first kappa shape index (κ1) is 12.8. The molecule has 0 aromatic carbocycles. The van der Waals surface area contributed by atoms with E-state index in [0.29, 0.717) is 11.6 Å². The highest BCUT2D eigenvalue weighted by molar-refractivity contribution is 7.09. The van der Waals surface area contributed by atoms with Gasteiger partial charge in [0.2, 0.25) is 5.95 Å². The highest BCUT2D eigenvalue weighted by atomic mass is 32.1. The van der Waals surface area contributed by atoms with Gasteiger partial charge in [0.1, 0.15) is 10.5 Å². The van der Waals surface area contributed by atoms with E-state index in [1.807, 2.05) is 12.3 Å². The van der Waals surface area contributed by atoms with Crippen LogP contribution in [0.4, 0.5) is 11.8 Å². The number of nitrogens with zero attached hydrogens (tertiary/aromatic N) is 4. The molecule has 0 aliphatic heterocycles. The highest BCUT2D eigenvalue weighted by Gasteiger charge is 2.14. The molecule has 0 amide bonds. The standard InChI is InChI=1S/C12H15N7S/c1-3-13-12-18-9-8(15-6-16-9)10(19-12)17-7(2)11-14-4-5-20-11/h4-7H,3H2,1-2H3,(H3,13,15,16,17,18,19). The van der Waals surface area contributed by atoms with Crippen LogP contribution in [0.1, 0.15) is 24.9 Å². The van der Waals surface area contributed by atoms with Crippen molar-refractivity contribution in [1.82, 2.24) is 24.9 Å². The van der Waals surface area contributed by atoms with E-state index in [1.54, 1.807) is 23.9 Å². The summed E-state index contributed by atoms with van der Waals surface area (Å²) in [4.78, 5) is 20.4. The Morgan fingerprint density at radius 3 is 3.00 bits per heavy atom. The molecule has 0 aliphatic rings. The van der Waals surface area contributed by atoms with E-state index in [4.69, 9.17) is 0 Å². The number of hydrogen-bond donors (Lipinski definition) is 3. The summed E-state index contributed by atoms with van der Waals surface area (Å²) in [6.45, 7) is 4.82. The second-order valence-electron chi connectivity index (χ2n) is 4.26. The number of thiazole rings is 1. The summed E-state index contributed by atoms with van der Waals surface area (Å²) in [5, 5.41) is 9.44. The zero-order valence-corrected chi connectivity index (χ0v) is 12.0. The maximum absolute atomic E-state index is 4.48. The van der Waals surface area contributed by atoms with E-state index >= 15 is 0 Å². The molecular weight excluding hydrogens is 274 g/mol. The summed E-state index contributed by atoms with van der Waals surface area (Å²) in [5.41, 5.74) is 1.44. The molecule has 7 nitrogen and oxygen atoms in total. The van der Waals surface area contributed by atoms with Crippen LogP contribution in [0.25, 0.3) is 11.2 Å². The van der Waals surface area contributed by atoms with Gasteiger partial charge in [-0.1, -0.05) is 0 Å². The molecule has 0 saturated heterocycles. The number of H-pyrrole nitrogens is 1. The Hall–Kier alpha value is -2.22. The first-order valence-corrected chi connectivity index (χ1v) is 7.26. The van der Waals surface area contributed by atoms with Gasteiger partial charge in [-0.05, 0) is 13.8 Å². The zero-order chi connectivity index (χ0) is 13.9. The Balaban J connectivity index is 1.94. The molecule has 3 heterocycles. The summed E-state index contributed by atoms with van der Waals surface area (Å²) in [6, 6.07) is 0.0749. The molecule has 0 bridgehead atoms. The van der Waals surface area contributed by atoms with Crippen molar-refractivity contribution in [2.45, 2.75) is 19.9 Å². The van der Waals surface area contributed by atoms with Gasteiger partial charge in [-0.25, -0.2) is 9.97 Å². The van der Waals surface area contributed by atoms with Gasteiger partial charge < -0.3 is 15.6 Å². The van der Waals surface area contributed by atoms with Crippen molar-refractivity contribution in [2.24, 2.45) is 0 Å². The summed E-state index contributed by atoms with van der Waals surface area (Å²) < 4.78 is 0. The van der Waals surface area contributed by atoms with Crippen LogP contribution in [0.15, 0.2) is 17.9 Å². The van der Waals surface area contributed by atoms with Crippen molar-refractivity contribution in [3.63, 3.8) is 0 Å². The third-order valence-corrected chi connectivity index (χ3v) is 3.75. The number of rotatable bonds is 5. The molecule has 3 rings (SSSR count). The quantitative estimate of drug-likeness (QED) is 0.668. The van der Waals surface area contributed by atoms with Gasteiger partial charge in [0.05, 0.1) is 12.4 Å². The summed E-state index contributed by atoms with van der Waals surface area (Å²) >= 11 is 1.61. The smallest absolute Gasteiger partial charge is 0.226 e. The normalized spacial score (nSPS) is 12.5. The lowest BCUT2D eigenvalue weighted by Crippen LogP contribution is -2.10. The van der Waals surface area contributed by atoms with Crippen molar-refractivity contribution in [3.8, 4) is 0 Å². The first-order chi connectivity index (χ1) is 9.78. The molecule has 104 valence electrons. The van der Waals surface area contributed by atoms with E-state index in [1.165, 1.54) is 0 Å². The van der Waals surface area contributed by atoms with Crippen LogP contribution in [0.5, 0.6) is 0 Å². The van der Waals surface area contributed by atoms with Crippen LogP contribution in [0, 0.1) is 0 Å².